The summed E-state index contributed by atoms with van der Waals surface area (Å²) in [6.45, 7) is 4.45. The van der Waals surface area contributed by atoms with E-state index in [1.807, 2.05) is 12.1 Å². The lowest BCUT2D eigenvalue weighted by Crippen LogP contribution is -2.34. The topological polar surface area (TPSA) is 29.5 Å². The first kappa shape index (κ1) is 13.3. The van der Waals surface area contributed by atoms with Crippen molar-refractivity contribution in [2.75, 3.05) is 0 Å². The van der Waals surface area contributed by atoms with Crippen molar-refractivity contribution in [2.24, 2.45) is 0 Å². The van der Waals surface area contributed by atoms with Gasteiger partial charge >= 0.3 is 0 Å². The zero-order valence-corrected chi connectivity index (χ0v) is 11.5. The molecule has 0 amide bonds. The SMILES string of the molecule is CCCCC1(CCCC)Cc2cc(O)ccc2O1. The Kier molecular flexibility index (Phi) is 4.15. The molecule has 0 spiro atoms. The molecule has 0 aliphatic carbocycles. The first-order chi connectivity index (χ1) is 8.69. The van der Waals surface area contributed by atoms with Gasteiger partial charge in [-0.25, -0.2) is 0 Å². The van der Waals surface area contributed by atoms with Crippen molar-refractivity contribution < 1.29 is 9.84 Å². The van der Waals surface area contributed by atoms with Crippen LogP contribution in [0.3, 0.4) is 0 Å². The molecule has 0 unspecified atom stereocenters. The molecular formula is C16H24O2. The van der Waals surface area contributed by atoms with E-state index in [4.69, 9.17) is 4.74 Å². The first-order valence-corrected chi connectivity index (χ1v) is 7.20. The molecule has 0 bridgehead atoms. The summed E-state index contributed by atoms with van der Waals surface area (Å²) in [7, 11) is 0. The molecule has 2 rings (SSSR count). The average molecular weight is 248 g/mol. The molecule has 1 aliphatic heterocycles. The summed E-state index contributed by atoms with van der Waals surface area (Å²) in [5.74, 6) is 1.32. The number of benzene rings is 1. The third-order valence-corrected chi connectivity index (χ3v) is 3.86. The van der Waals surface area contributed by atoms with Gasteiger partial charge in [0.1, 0.15) is 17.1 Å². The molecule has 1 aromatic rings. The molecular weight excluding hydrogens is 224 g/mol. The highest BCUT2D eigenvalue weighted by atomic mass is 16.5. The molecule has 1 N–H and O–H groups in total. The van der Waals surface area contributed by atoms with E-state index in [0.717, 1.165) is 25.0 Å². The largest absolute Gasteiger partial charge is 0.508 e. The molecule has 100 valence electrons. The lowest BCUT2D eigenvalue weighted by Gasteiger charge is -2.29. The highest BCUT2D eigenvalue weighted by Crippen LogP contribution is 2.42. The highest BCUT2D eigenvalue weighted by molar-refractivity contribution is 5.44. The average Bonchev–Trinajstić information content (AvgIpc) is 2.72. The predicted octanol–water partition coefficient (Wildman–Crippen LogP) is 4.45. The molecule has 1 heterocycles. The van der Waals surface area contributed by atoms with Crippen LogP contribution in [0.5, 0.6) is 11.5 Å². The highest BCUT2D eigenvalue weighted by Gasteiger charge is 2.38. The van der Waals surface area contributed by atoms with E-state index in [9.17, 15) is 5.11 Å². The molecule has 0 saturated heterocycles. The van der Waals surface area contributed by atoms with E-state index in [0.29, 0.717) is 5.75 Å². The quantitative estimate of drug-likeness (QED) is 0.806. The Morgan fingerprint density at radius 3 is 2.44 bits per heavy atom. The Morgan fingerprint density at radius 2 is 1.83 bits per heavy atom. The van der Waals surface area contributed by atoms with Crippen LogP contribution in [0.15, 0.2) is 18.2 Å². The third kappa shape index (κ3) is 2.80. The van der Waals surface area contributed by atoms with Crippen LogP contribution in [-0.2, 0) is 6.42 Å². The summed E-state index contributed by atoms with van der Waals surface area (Å²) in [6, 6.07) is 5.48. The van der Waals surface area contributed by atoms with Gasteiger partial charge in [-0.05, 0) is 43.9 Å². The lowest BCUT2D eigenvalue weighted by molar-refractivity contribution is 0.0696. The van der Waals surface area contributed by atoms with Crippen molar-refractivity contribution in [3.8, 4) is 11.5 Å². The van der Waals surface area contributed by atoms with Crippen LogP contribution in [0.4, 0.5) is 0 Å². The minimum absolute atomic E-state index is 0.0118. The maximum Gasteiger partial charge on any atom is 0.123 e. The van der Waals surface area contributed by atoms with Gasteiger partial charge in [-0.1, -0.05) is 26.7 Å². The molecule has 0 atom stereocenters. The normalized spacial score (nSPS) is 16.3. The van der Waals surface area contributed by atoms with Gasteiger partial charge < -0.3 is 9.84 Å². The Hall–Kier alpha value is -1.18. The van der Waals surface area contributed by atoms with Gasteiger partial charge in [0.2, 0.25) is 0 Å². The number of hydrogen-bond donors (Lipinski definition) is 1. The molecule has 2 heteroatoms. The zero-order chi connectivity index (χ0) is 13.0. The molecule has 0 aromatic heterocycles. The van der Waals surface area contributed by atoms with Gasteiger partial charge in [-0.2, -0.15) is 0 Å². The Bertz CT molecular complexity index is 390. The number of phenolic OH excluding ortho intramolecular Hbond substituents is 1. The van der Waals surface area contributed by atoms with Crippen molar-refractivity contribution in [1.29, 1.82) is 0 Å². The van der Waals surface area contributed by atoms with Crippen LogP contribution in [0.2, 0.25) is 0 Å². The second-order valence-electron chi connectivity index (χ2n) is 5.46. The van der Waals surface area contributed by atoms with Crippen LogP contribution < -0.4 is 4.74 Å². The van der Waals surface area contributed by atoms with Gasteiger partial charge in [-0.15, -0.1) is 0 Å². The zero-order valence-electron chi connectivity index (χ0n) is 11.5. The standard InChI is InChI=1S/C16H24O2/c1-3-5-9-16(10-6-4-2)12-13-11-14(17)7-8-15(13)18-16/h7-8,11,17H,3-6,9-10,12H2,1-2H3. The molecule has 0 radical (unpaired) electrons. The second-order valence-corrected chi connectivity index (χ2v) is 5.46. The van der Waals surface area contributed by atoms with Crippen LogP contribution >= 0.6 is 0 Å². The van der Waals surface area contributed by atoms with Gasteiger partial charge in [-0.3, -0.25) is 0 Å². The van der Waals surface area contributed by atoms with Crippen molar-refractivity contribution in [3.63, 3.8) is 0 Å². The van der Waals surface area contributed by atoms with Crippen LogP contribution in [0, 0.1) is 0 Å². The number of aromatic hydroxyl groups is 1. The van der Waals surface area contributed by atoms with E-state index >= 15 is 0 Å². The fraction of sp³-hybridized carbons (Fsp3) is 0.625. The van der Waals surface area contributed by atoms with Crippen molar-refractivity contribution in [2.45, 2.75) is 64.4 Å². The van der Waals surface area contributed by atoms with Crippen LogP contribution in [0.1, 0.15) is 57.9 Å². The maximum absolute atomic E-state index is 9.56. The molecule has 0 saturated carbocycles. The summed E-state index contributed by atoms with van der Waals surface area (Å²) >= 11 is 0. The second kappa shape index (κ2) is 5.64. The van der Waals surface area contributed by atoms with Gasteiger partial charge in [0, 0.05) is 12.0 Å². The van der Waals surface area contributed by atoms with E-state index < -0.39 is 0 Å². The molecule has 2 nitrogen and oxygen atoms in total. The lowest BCUT2D eigenvalue weighted by atomic mass is 9.87. The van der Waals surface area contributed by atoms with Crippen molar-refractivity contribution in [3.05, 3.63) is 23.8 Å². The van der Waals surface area contributed by atoms with Crippen molar-refractivity contribution in [1.82, 2.24) is 0 Å². The van der Waals surface area contributed by atoms with E-state index in [-0.39, 0.29) is 5.60 Å². The first-order valence-electron chi connectivity index (χ1n) is 7.20. The van der Waals surface area contributed by atoms with Crippen LogP contribution in [-0.4, -0.2) is 10.7 Å². The summed E-state index contributed by atoms with van der Waals surface area (Å²) in [4.78, 5) is 0. The maximum atomic E-state index is 9.56. The molecule has 1 aliphatic rings. The predicted molar refractivity (Wildman–Crippen MR) is 74.2 cm³/mol. The minimum atomic E-state index is -0.0118. The number of rotatable bonds is 6. The number of unbranched alkanes of at least 4 members (excludes halogenated alkanes) is 2. The summed E-state index contributed by atoms with van der Waals surface area (Å²) < 4.78 is 6.24. The van der Waals surface area contributed by atoms with Crippen LogP contribution in [0.25, 0.3) is 0 Å². The van der Waals surface area contributed by atoms with Gasteiger partial charge in [0.25, 0.3) is 0 Å². The number of hydrogen-bond acceptors (Lipinski definition) is 2. The van der Waals surface area contributed by atoms with E-state index in [1.54, 1.807) is 6.07 Å². The van der Waals surface area contributed by atoms with E-state index in [1.165, 1.54) is 31.2 Å². The summed E-state index contributed by atoms with van der Waals surface area (Å²) in [6.07, 6.45) is 8.04. The summed E-state index contributed by atoms with van der Waals surface area (Å²) in [5.41, 5.74) is 1.16. The number of fused-ring (bicyclic) bond motifs is 1. The molecule has 18 heavy (non-hydrogen) atoms. The van der Waals surface area contributed by atoms with Crippen molar-refractivity contribution >= 4 is 0 Å². The Labute approximate surface area is 110 Å². The minimum Gasteiger partial charge on any atom is -0.508 e. The smallest absolute Gasteiger partial charge is 0.123 e. The molecule has 0 fully saturated rings. The van der Waals surface area contributed by atoms with E-state index in [2.05, 4.69) is 13.8 Å². The fourth-order valence-electron chi connectivity index (χ4n) is 2.82. The molecule has 1 aromatic carbocycles. The van der Waals surface area contributed by atoms with Gasteiger partial charge in [0.05, 0.1) is 0 Å². The third-order valence-electron chi connectivity index (χ3n) is 3.86. The monoisotopic (exact) mass is 248 g/mol. The number of ether oxygens (including phenoxy) is 1. The van der Waals surface area contributed by atoms with Gasteiger partial charge in [0.15, 0.2) is 0 Å². The Morgan fingerprint density at radius 1 is 1.17 bits per heavy atom. The Balaban J connectivity index is 2.14. The number of phenols is 1. The fourth-order valence-corrected chi connectivity index (χ4v) is 2.82. The summed E-state index contributed by atoms with van der Waals surface area (Å²) in [5, 5.41) is 9.56.